The molecule has 2 rings (SSSR count). The van der Waals surface area contributed by atoms with Crippen LogP contribution < -0.4 is 10.5 Å². The Labute approximate surface area is 133 Å². The van der Waals surface area contributed by atoms with E-state index < -0.39 is 0 Å². The SMILES string of the molecule is CCOc1ccc(C2CC(N)CN(C(=O)C(C)(C)C)C2)cc1. The number of nitrogens with two attached hydrogens (primary N) is 1. The minimum Gasteiger partial charge on any atom is -0.494 e. The number of benzene rings is 1. The summed E-state index contributed by atoms with van der Waals surface area (Å²) in [6.07, 6.45) is 0.919. The minimum absolute atomic E-state index is 0.0385. The zero-order valence-electron chi connectivity index (χ0n) is 14.1. The fourth-order valence-corrected chi connectivity index (χ4v) is 3.02. The third-order valence-electron chi connectivity index (χ3n) is 4.07. The van der Waals surface area contributed by atoms with E-state index in [2.05, 4.69) is 12.1 Å². The molecule has 1 aromatic carbocycles. The molecule has 122 valence electrons. The molecule has 2 atom stereocenters. The number of carbonyl (C=O) groups is 1. The van der Waals surface area contributed by atoms with Gasteiger partial charge in [0.15, 0.2) is 0 Å². The van der Waals surface area contributed by atoms with E-state index in [1.165, 1.54) is 5.56 Å². The number of piperidine rings is 1. The maximum Gasteiger partial charge on any atom is 0.228 e. The van der Waals surface area contributed by atoms with Gasteiger partial charge in [-0.1, -0.05) is 32.9 Å². The quantitative estimate of drug-likeness (QED) is 0.934. The summed E-state index contributed by atoms with van der Waals surface area (Å²) >= 11 is 0. The van der Waals surface area contributed by atoms with Crippen LogP contribution in [0, 0.1) is 5.41 Å². The van der Waals surface area contributed by atoms with E-state index in [1.54, 1.807) is 0 Å². The highest BCUT2D eigenvalue weighted by Gasteiger charge is 2.34. The first kappa shape index (κ1) is 16.8. The Bertz CT molecular complexity index is 505. The van der Waals surface area contributed by atoms with E-state index in [0.717, 1.165) is 18.7 Å². The second kappa shape index (κ2) is 6.69. The Kier molecular flexibility index (Phi) is 5.12. The molecule has 4 nitrogen and oxygen atoms in total. The molecule has 0 saturated carbocycles. The smallest absolute Gasteiger partial charge is 0.228 e. The minimum atomic E-state index is -0.361. The van der Waals surface area contributed by atoms with Crippen molar-refractivity contribution in [3.63, 3.8) is 0 Å². The Hall–Kier alpha value is -1.55. The van der Waals surface area contributed by atoms with E-state index in [-0.39, 0.29) is 17.4 Å². The molecule has 0 radical (unpaired) electrons. The molecule has 1 aliphatic rings. The summed E-state index contributed by atoms with van der Waals surface area (Å²) in [7, 11) is 0. The molecule has 0 spiro atoms. The van der Waals surface area contributed by atoms with Crippen LogP contribution in [-0.4, -0.2) is 36.5 Å². The van der Waals surface area contributed by atoms with Crippen molar-refractivity contribution in [3.8, 4) is 5.75 Å². The molecule has 0 aromatic heterocycles. The summed E-state index contributed by atoms with van der Waals surface area (Å²) in [5.41, 5.74) is 7.06. The summed E-state index contributed by atoms with van der Waals surface area (Å²) in [6.45, 7) is 9.93. The summed E-state index contributed by atoms with van der Waals surface area (Å²) in [6, 6.07) is 8.21. The molecule has 1 saturated heterocycles. The third kappa shape index (κ3) is 4.01. The molecule has 2 unspecified atom stereocenters. The first-order chi connectivity index (χ1) is 10.3. The molecule has 0 aliphatic carbocycles. The lowest BCUT2D eigenvalue weighted by molar-refractivity contribution is -0.141. The predicted molar refractivity (Wildman–Crippen MR) is 89.0 cm³/mol. The molecule has 1 aliphatic heterocycles. The molecule has 1 heterocycles. The van der Waals surface area contributed by atoms with Crippen molar-refractivity contribution < 1.29 is 9.53 Å². The average Bonchev–Trinajstić information content (AvgIpc) is 2.46. The van der Waals surface area contributed by atoms with Gasteiger partial charge in [0, 0.05) is 30.5 Å². The van der Waals surface area contributed by atoms with E-state index in [9.17, 15) is 4.79 Å². The molecule has 1 aromatic rings. The average molecular weight is 304 g/mol. The van der Waals surface area contributed by atoms with E-state index in [1.807, 2.05) is 44.7 Å². The van der Waals surface area contributed by atoms with E-state index in [0.29, 0.717) is 19.1 Å². The van der Waals surface area contributed by atoms with Gasteiger partial charge >= 0.3 is 0 Å². The molecule has 4 heteroatoms. The van der Waals surface area contributed by atoms with Crippen LogP contribution in [0.4, 0.5) is 0 Å². The molecule has 22 heavy (non-hydrogen) atoms. The van der Waals surface area contributed by atoms with Gasteiger partial charge in [0.25, 0.3) is 0 Å². The van der Waals surface area contributed by atoms with Crippen molar-refractivity contribution in [2.24, 2.45) is 11.1 Å². The van der Waals surface area contributed by atoms with Gasteiger partial charge in [-0.25, -0.2) is 0 Å². The second-order valence-electron chi connectivity index (χ2n) is 7.15. The van der Waals surface area contributed by atoms with Crippen molar-refractivity contribution in [1.82, 2.24) is 4.90 Å². The van der Waals surface area contributed by atoms with Crippen LogP contribution >= 0.6 is 0 Å². The number of rotatable bonds is 3. The zero-order valence-corrected chi connectivity index (χ0v) is 14.1. The number of carbonyl (C=O) groups excluding carboxylic acids is 1. The predicted octanol–water partition coefficient (Wildman–Crippen LogP) is 2.77. The fourth-order valence-electron chi connectivity index (χ4n) is 3.02. The first-order valence-corrected chi connectivity index (χ1v) is 8.09. The number of hydrogen-bond acceptors (Lipinski definition) is 3. The second-order valence-corrected chi connectivity index (χ2v) is 7.15. The Morgan fingerprint density at radius 2 is 1.91 bits per heavy atom. The van der Waals surface area contributed by atoms with Crippen LogP contribution in [0.15, 0.2) is 24.3 Å². The van der Waals surface area contributed by atoms with Crippen LogP contribution in [0.1, 0.15) is 45.6 Å². The molecule has 1 fully saturated rings. The highest BCUT2D eigenvalue weighted by atomic mass is 16.5. The normalized spacial score (nSPS) is 22.5. The molecular weight excluding hydrogens is 276 g/mol. The highest BCUT2D eigenvalue weighted by molar-refractivity contribution is 5.81. The van der Waals surface area contributed by atoms with Gasteiger partial charge in [-0.2, -0.15) is 0 Å². The molecule has 2 N–H and O–H groups in total. The fraction of sp³-hybridized carbons (Fsp3) is 0.611. The highest BCUT2D eigenvalue weighted by Crippen LogP contribution is 2.30. The van der Waals surface area contributed by atoms with E-state index >= 15 is 0 Å². The molecule has 1 amide bonds. The largest absolute Gasteiger partial charge is 0.494 e. The van der Waals surface area contributed by atoms with Gasteiger partial charge in [0.2, 0.25) is 5.91 Å². The number of amides is 1. The summed E-state index contributed by atoms with van der Waals surface area (Å²) < 4.78 is 5.48. The van der Waals surface area contributed by atoms with Crippen molar-refractivity contribution in [2.75, 3.05) is 19.7 Å². The monoisotopic (exact) mass is 304 g/mol. The number of likely N-dealkylation sites (tertiary alicyclic amines) is 1. The van der Waals surface area contributed by atoms with Gasteiger partial charge in [0.1, 0.15) is 5.75 Å². The van der Waals surface area contributed by atoms with Gasteiger partial charge in [-0.15, -0.1) is 0 Å². The number of hydrogen-bond donors (Lipinski definition) is 1. The first-order valence-electron chi connectivity index (χ1n) is 8.09. The lowest BCUT2D eigenvalue weighted by Crippen LogP contribution is -2.51. The lowest BCUT2D eigenvalue weighted by atomic mass is 9.86. The number of nitrogens with zero attached hydrogens (tertiary/aromatic N) is 1. The van der Waals surface area contributed by atoms with Crippen molar-refractivity contribution in [2.45, 2.75) is 46.1 Å². The van der Waals surface area contributed by atoms with Crippen LogP contribution in [0.3, 0.4) is 0 Å². The van der Waals surface area contributed by atoms with Gasteiger partial charge < -0.3 is 15.4 Å². The third-order valence-corrected chi connectivity index (χ3v) is 4.07. The molecule has 0 bridgehead atoms. The Morgan fingerprint density at radius 3 is 2.45 bits per heavy atom. The van der Waals surface area contributed by atoms with Crippen molar-refractivity contribution >= 4 is 5.91 Å². The molecular formula is C18H28N2O2. The van der Waals surface area contributed by atoms with Gasteiger partial charge in [-0.3, -0.25) is 4.79 Å². The zero-order chi connectivity index (χ0) is 16.3. The standard InChI is InChI=1S/C18H28N2O2/c1-5-22-16-8-6-13(7-9-16)14-10-15(19)12-20(11-14)17(21)18(2,3)4/h6-9,14-15H,5,10-12,19H2,1-4H3. The van der Waals surface area contributed by atoms with Crippen LogP contribution in [0.2, 0.25) is 0 Å². The van der Waals surface area contributed by atoms with Crippen molar-refractivity contribution in [3.05, 3.63) is 29.8 Å². The maximum absolute atomic E-state index is 12.5. The topological polar surface area (TPSA) is 55.6 Å². The summed E-state index contributed by atoms with van der Waals surface area (Å²) in [5.74, 6) is 1.36. The maximum atomic E-state index is 12.5. The Balaban J connectivity index is 2.12. The number of ether oxygens (including phenoxy) is 1. The van der Waals surface area contributed by atoms with Crippen LogP contribution in [-0.2, 0) is 4.79 Å². The van der Waals surface area contributed by atoms with Crippen molar-refractivity contribution in [1.29, 1.82) is 0 Å². The van der Waals surface area contributed by atoms with Gasteiger partial charge in [-0.05, 0) is 31.0 Å². The Morgan fingerprint density at radius 1 is 1.27 bits per heavy atom. The van der Waals surface area contributed by atoms with E-state index in [4.69, 9.17) is 10.5 Å². The van der Waals surface area contributed by atoms with Crippen LogP contribution in [0.5, 0.6) is 5.75 Å². The van der Waals surface area contributed by atoms with Gasteiger partial charge in [0.05, 0.1) is 6.61 Å². The van der Waals surface area contributed by atoms with Crippen LogP contribution in [0.25, 0.3) is 0 Å². The lowest BCUT2D eigenvalue weighted by Gasteiger charge is -2.39. The summed E-state index contributed by atoms with van der Waals surface area (Å²) in [4.78, 5) is 14.5. The summed E-state index contributed by atoms with van der Waals surface area (Å²) in [5, 5.41) is 0.